The lowest BCUT2D eigenvalue weighted by atomic mass is 9.90. The molecule has 0 aromatic rings. The maximum atomic E-state index is 10.5. The Morgan fingerprint density at radius 2 is 2.23 bits per heavy atom. The van der Waals surface area contributed by atoms with Crippen LogP contribution in [0.3, 0.4) is 0 Å². The zero-order chi connectivity index (χ0) is 9.26. The van der Waals surface area contributed by atoms with Crippen LogP contribution in [0.25, 0.3) is 0 Å². The molecule has 0 spiro atoms. The summed E-state index contributed by atoms with van der Waals surface area (Å²) in [6, 6.07) is 0. The first kappa shape index (κ1) is 9.30. The second-order valence-corrected chi connectivity index (χ2v) is 4.55. The van der Waals surface area contributed by atoms with Gasteiger partial charge in [-0.2, -0.15) is 0 Å². The van der Waals surface area contributed by atoms with Crippen LogP contribution < -0.4 is 0 Å². The summed E-state index contributed by atoms with van der Waals surface area (Å²) in [5, 5.41) is 0. The van der Waals surface area contributed by atoms with Crippen molar-refractivity contribution < 1.29 is 13.9 Å². The van der Waals surface area contributed by atoms with Gasteiger partial charge in [0.25, 0.3) is 0 Å². The first-order valence-electron chi connectivity index (χ1n) is 4.33. The molecule has 70 valence electrons. The number of rotatable bonds is 4. The van der Waals surface area contributed by atoms with Crippen LogP contribution in [-0.2, 0) is 13.9 Å². The summed E-state index contributed by atoms with van der Waals surface area (Å²) in [7, 11) is 0.298. The molecule has 2 aliphatic heterocycles. The molecule has 3 nitrogen and oxygen atoms in total. The average molecular weight is 216 g/mol. The molecule has 13 heavy (non-hydrogen) atoms. The SMILES string of the molecule is O=PCC1=C2CCC(O2)C1CP=O. The summed E-state index contributed by atoms with van der Waals surface area (Å²) in [5.41, 5.74) is 1.14. The molecule has 2 bridgehead atoms. The van der Waals surface area contributed by atoms with Crippen LogP contribution in [-0.4, -0.2) is 18.4 Å². The van der Waals surface area contributed by atoms with Gasteiger partial charge in [-0.1, -0.05) is 0 Å². The zero-order valence-electron chi connectivity index (χ0n) is 7.10. The Balaban J connectivity index is 2.18. The fraction of sp³-hybridized carbons (Fsp3) is 0.750. The highest BCUT2D eigenvalue weighted by molar-refractivity contribution is 7.24. The summed E-state index contributed by atoms with van der Waals surface area (Å²) in [4.78, 5) is 0. The third-order valence-corrected chi connectivity index (χ3v) is 3.72. The molecule has 0 amide bonds. The van der Waals surface area contributed by atoms with Gasteiger partial charge in [0.05, 0.1) is 11.9 Å². The van der Waals surface area contributed by atoms with Gasteiger partial charge in [0.15, 0.2) is 16.9 Å². The Morgan fingerprint density at radius 3 is 2.92 bits per heavy atom. The van der Waals surface area contributed by atoms with Crippen molar-refractivity contribution in [1.82, 2.24) is 0 Å². The summed E-state index contributed by atoms with van der Waals surface area (Å²) < 4.78 is 26.6. The molecule has 0 radical (unpaired) electrons. The largest absolute Gasteiger partial charge is 0.494 e. The molecule has 5 heteroatoms. The van der Waals surface area contributed by atoms with E-state index in [1.807, 2.05) is 0 Å². The number of allylic oxidation sites excluding steroid dienone is 1. The molecule has 0 N–H and O–H groups in total. The van der Waals surface area contributed by atoms with Crippen molar-refractivity contribution in [3.63, 3.8) is 0 Å². The Labute approximate surface area is 79.9 Å². The van der Waals surface area contributed by atoms with Crippen LogP contribution in [0.15, 0.2) is 11.3 Å². The summed E-state index contributed by atoms with van der Waals surface area (Å²) in [5.74, 6) is 1.27. The van der Waals surface area contributed by atoms with Crippen LogP contribution in [0.1, 0.15) is 12.8 Å². The van der Waals surface area contributed by atoms with Gasteiger partial charge in [-0.25, -0.2) is 0 Å². The highest BCUT2D eigenvalue weighted by Crippen LogP contribution is 2.44. The lowest BCUT2D eigenvalue weighted by Crippen LogP contribution is -2.20. The lowest BCUT2D eigenvalue weighted by molar-refractivity contribution is 0.159. The van der Waals surface area contributed by atoms with E-state index in [9.17, 15) is 9.13 Å². The lowest BCUT2D eigenvalue weighted by Gasteiger charge is -2.16. The van der Waals surface area contributed by atoms with Crippen molar-refractivity contribution in [2.75, 3.05) is 12.3 Å². The van der Waals surface area contributed by atoms with Crippen molar-refractivity contribution >= 4 is 16.9 Å². The molecule has 2 heterocycles. The standard InChI is InChI=1S/C8H10O3P2/c9-12-3-5-6(4-13-10)8-2-1-7(5)11-8/h5,7H,1-4H2. The van der Waals surface area contributed by atoms with E-state index in [1.54, 1.807) is 0 Å². The van der Waals surface area contributed by atoms with Crippen LogP contribution >= 0.6 is 16.9 Å². The molecule has 0 aromatic carbocycles. The predicted octanol–water partition coefficient (Wildman–Crippen LogP) is 2.63. The van der Waals surface area contributed by atoms with E-state index < -0.39 is 0 Å². The van der Waals surface area contributed by atoms with E-state index in [4.69, 9.17) is 4.74 Å². The van der Waals surface area contributed by atoms with E-state index in [0.29, 0.717) is 12.3 Å². The topological polar surface area (TPSA) is 43.4 Å². The quantitative estimate of drug-likeness (QED) is 0.678. The predicted molar refractivity (Wildman–Crippen MR) is 49.6 cm³/mol. The fourth-order valence-electron chi connectivity index (χ4n) is 2.11. The Hall–Kier alpha value is -0.260. The minimum Gasteiger partial charge on any atom is -0.494 e. The maximum Gasteiger partial charge on any atom is 0.159 e. The Morgan fingerprint density at radius 1 is 1.38 bits per heavy atom. The smallest absolute Gasteiger partial charge is 0.159 e. The average Bonchev–Trinajstić information content (AvgIpc) is 2.69. The van der Waals surface area contributed by atoms with Gasteiger partial charge in [-0.3, -0.25) is 9.13 Å². The van der Waals surface area contributed by atoms with E-state index in [-0.39, 0.29) is 28.9 Å². The Bertz CT molecular complexity index is 275. The monoisotopic (exact) mass is 216 g/mol. The molecule has 0 saturated carbocycles. The second-order valence-electron chi connectivity index (χ2n) is 3.35. The van der Waals surface area contributed by atoms with Gasteiger partial charge in [0.2, 0.25) is 0 Å². The van der Waals surface area contributed by atoms with Gasteiger partial charge >= 0.3 is 0 Å². The third kappa shape index (κ3) is 1.56. The Kier molecular flexibility index (Phi) is 2.76. The van der Waals surface area contributed by atoms with Crippen LogP contribution in [0.5, 0.6) is 0 Å². The molecule has 2 rings (SSSR count). The molecular weight excluding hydrogens is 206 g/mol. The fourth-order valence-corrected chi connectivity index (χ4v) is 3.27. The van der Waals surface area contributed by atoms with Gasteiger partial charge in [-0.15, -0.1) is 0 Å². The van der Waals surface area contributed by atoms with Gasteiger partial charge in [0.1, 0.15) is 6.10 Å². The molecule has 1 fully saturated rings. The van der Waals surface area contributed by atoms with Crippen LogP contribution in [0.4, 0.5) is 0 Å². The summed E-state index contributed by atoms with van der Waals surface area (Å²) in [6.45, 7) is 0. The number of ether oxygens (including phenoxy) is 1. The van der Waals surface area contributed by atoms with Gasteiger partial charge in [0, 0.05) is 18.5 Å². The molecule has 1 saturated heterocycles. The normalized spacial score (nSPS) is 31.7. The molecule has 2 aliphatic rings. The summed E-state index contributed by atoms with van der Waals surface area (Å²) >= 11 is 0. The van der Waals surface area contributed by atoms with Gasteiger partial charge < -0.3 is 4.74 Å². The van der Waals surface area contributed by atoms with E-state index in [1.165, 1.54) is 0 Å². The molecule has 2 atom stereocenters. The van der Waals surface area contributed by atoms with Crippen molar-refractivity contribution in [2.24, 2.45) is 5.92 Å². The van der Waals surface area contributed by atoms with E-state index in [2.05, 4.69) is 0 Å². The van der Waals surface area contributed by atoms with Crippen LogP contribution in [0, 0.1) is 5.92 Å². The maximum absolute atomic E-state index is 10.5. The van der Waals surface area contributed by atoms with E-state index in [0.717, 1.165) is 24.2 Å². The first-order valence-corrected chi connectivity index (χ1v) is 6.33. The van der Waals surface area contributed by atoms with Crippen molar-refractivity contribution in [3.05, 3.63) is 11.3 Å². The second kappa shape index (κ2) is 3.86. The van der Waals surface area contributed by atoms with E-state index >= 15 is 0 Å². The third-order valence-electron chi connectivity index (χ3n) is 2.71. The molecular formula is C8H10O3P2. The molecule has 0 aromatic heterocycles. The van der Waals surface area contributed by atoms with Crippen molar-refractivity contribution in [1.29, 1.82) is 0 Å². The number of fused-ring (bicyclic) bond motifs is 2. The minimum atomic E-state index is 0.137. The molecule has 0 aliphatic carbocycles. The van der Waals surface area contributed by atoms with Crippen molar-refractivity contribution in [2.45, 2.75) is 18.9 Å². The highest BCUT2D eigenvalue weighted by Gasteiger charge is 2.40. The van der Waals surface area contributed by atoms with Crippen molar-refractivity contribution in [3.8, 4) is 0 Å². The van der Waals surface area contributed by atoms with Crippen LogP contribution in [0.2, 0.25) is 0 Å². The number of hydrogen-bond acceptors (Lipinski definition) is 3. The molecule has 2 unspecified atom stereocenters. The number of hydrogen-bond donors (Lipinski definition) is 0. The summed E-state index contributed by atoms with van der Waals surface area (Å²) in [6.07, 6.45) is 3.38. The minimum absolute atomic E-state index is 0.137. The highest BCUT2D eigenvalue weighted by atomic mass is 31.1. The first-order chi connectivity index (χ1) is 6.36. The zero-order valence-corrected chi connectivity index (χ0v) is 8.89. The van der Waals surface area contributed by atoms with Gasteiger partial charge in [-0.05, 0) is 12.0 Å².